The van der Waals surface area contributed by atoms with Crippen molar-refractivity contribution in [3.8, 4) is 5.69 Å². The highest BCUT2D eigenvalue weighted by atomic mass is 19.2. The molecule has 0 aliphatic rings. The number of rotatable bonds is 1. The van der Waals surface area contributed by atoms with E-state index in [1.54, 1.807) is 20.8 Å². The normalized spacial score (nSPS) is 12.0. The first-order chi connectivity index (χ1) is 9.14. The molecule has 20 heavy (non-hydrogen) atoms. The fraction of sp³-hybridized carbons (Fsp3) is 0.308. The van der Waals surface area contributed by atoms with E-state index in [0.717, 1.165) is 10.9 Å². The molecule has 1 heterocycles. The van der Waals surface area contributed by atoms with E-state index in [2.05, 4.69) is 4.98 Å². The molecule has 1 aromatic carbocycles. The lowest BCUT2D eigenvalue weighted by atomic mass is 9.93. The molecular weight excluding hydrogens is 279 g/mol. The number of imidazole rings is 1. The molecule has 0 fully saturated rings. The highest BCUT2D eigenvalue weighted by molar-refractivity contribution is 5.38. The molecule has 0 unspecified atom stereocenters. The highest BCUT2D eigenvalue weighted by Gasteiger charge is 2.27. The monoisotopic (exact) mass is 290 g/mol. The second-order valence-electron chi connectivity index (χ2n) is 5.33. The number of halogens is 5. The van der Waals surface area contributed by atoms with Gasteiger partial charge in [-0.2, -0.15) is 0 Å². The van der Waals surface area contributed by atoms with Gasteiger partial charge in [0.15, 0.2) is 23.3 Å². The minimum Gasteiger partial charge on any atom is -0.300 e. The third kappa shape index (κ3) is 2.17. The third-order valence-electron chi connectivity index (χ3n) is 2.80. The van der Waals surface area contributed by atoms with Gasteiger partial charge in [0.25, 0.3) is 0 Å². The first-order valence-electron chi connectivity index (χ1n) is 5.71. The molecule has 0 radical (unpaired) electrons. The number of nitrogens with zero attached hydrogens (tertiary/aromatic N) is 2. The van der Waals surface area contributed by atoms with Crippen molar-refractivity contribution < 1.29 is 22.0 Å². The SMILES string of the molecule is CC(C)(C)c1cn(-c2c(F)c(F)c(F)c(F)c2F)cn1. The predicted octanol–water partition coefficient (Wildman–Crippen LogP) is 3.87. The number of hydrogen-bond acceptors (Lipinski definition) is 1. The molecule has 2 rings (SSSR count). The summed E-state index contributed by atoms with van der Waals surface area (Å²) in [6, 6.07) is 0. The topological polar surface area (TPSA) is 17.8 Å². The van der Waals surface area contributed by atoms with Crippen LogP contribution in [0.2, 0.25) is 0 Å². The van der Waals surface area contributed by atoms with E-state index in [0.29, 0.717) is 5.69 Å². The molecule has 2 nitrogen and oxygen atoms in total. The van der Waals surface area contributed by atoms with Crippen molar-refractivity contribution in [1.82, 2.24) is 9.55 Å². The van der Waals surface area contributed by atoms with Gasteiger partial charge in [-0.3, -0.25) is 0 Å². The van der Waals surface area contributed by atoms with Gasteiger partial charge in [-0.25, -0.2) is 26.9 Å². The lowest BCUT2D eigenvalue weighted by Gasteiger charge is -2.14. The van der Waals surface area contributed by atoms with Gasteiger partial charge in [0.1, 0.15) is 5.69 Å². The molecule has 108 valence electrons. The van der Waals surface area contributed by atoms with Crippen LogP contribution in [0.4, 0.5) is 22.0 Å². The van der Waals surface area contributed by atoms with Gasteiger partial charge in [-0.15, -0.1) is 0 Å². The van der Waals surface area contributed by atoms with Gasteiger partial charge in [0, 0.05) is 11.6 Å². The molecule has 0 bridgehead atoms. The van der Waals surface area contributed by atoms with Crippen LogP contribution in [0.1, 0.15) is 26.5 Å². The standard InChI is InChI=1S/C13H11F5N2/c1-13(2,3)6-4-20(5-19-6)12-10(17)8(15)7(14)9(16)11(12)18/h4-5H,1-3H3. The second-order valence-corrected chi connectivity index (χ2v) is 5.33. The first kappa shape index (κ1) is 14.5. The maximum Gasteiger partial charge on any atom is 0.200 e. The second kappa shape index (κ2) is 4.57. The van der Waals surface area contributed by atoms with E-state index in [-0.39, 0.29) is 0 Å². The summed E-state index contributed by atoms with van der Waals surface area (Å²) in [6.07, 6.45) is 2.25. The Morgan fingerprint density at radius 3 is 1.70 bits per heavy atom. The third-order valence-corrected chi connectivity index (χ3v) is 2.80. The van der Waals surface area contributed by atoms with Crippen molar-refractivity contribution in [2.45, 2.75) is 26.2 Å². The first-order valence-corrected chi connectivity index (χ1v) is 5.71. The summed E-state index contributed by atoms with van der Waals surface area (Å²) in [5.41, 5.74) is -0.999. The molecule has 2 aromatic rings. The zero-order valence-electron chi connectivity index (χ0n) is 10.9. The molecule has 0 aliphatic carbocycles. The zero-order valence-corrected chi connectivity index (χ0v) is 10.9. The summed E-state index contributed by atoms with van der Waals surface area (Å²) < 4.78 is 67.3. The Morgan fingerprint density at radius 1 is 0.850 bits per heavy atom. The molecular formula is C13H11F5N2. The summed E-state index contributed by atoms with van der Waals surface area (Å²) in [5.74, 6) is -9.92. The van der Waals surface area contributed by atoms with Crippen molar-refractivity contribution >= 4 is 0 Å². The van der Waals surface area contributed by atoms with E-state index in [1.165, 1.54) is 6.20 Å². The Kier molecular flexibility index (Phi) is 3.31. The Bertz CT molecular complexity index is 641. The van der Waals surface area contributed by atoms with Crippen LogP contribution in [0, 0.1) is 29.1 Å². The summed E-state index contributed by atoms with van der Waals surface area (Å²) >= 11 is 0. The maximum absolute atomic E-state index is 13.6. The van der Waals surface area contributed by atoms with Crippen molar-refractivity contribution in [3.63, 3.8) is 0 Å². The summed E-state index contributed by atoms with van der Waals surface area (Å²) in [4.78, 5) is 3.92. The van der Waals surface area contributed by atoms with Crippen molar-refractivity contribution in [2.75, 3.05) is 0 Å². The van der Waals surface area contributed by atoms with Crippen molar-refractivity contribution in [3.05, 3.63) is 47.3 Å². The molecule has 0 spiro atoms. The van der Waals surface area contributed by atoms with E-state index >= 15 is 0 Å². The smallest absolute Gasteiger partial charge is 0.200 e. The van der Waals surface area contributed by atoms with Crippen LogP contribution in [-0.2, 0) is 5.41 Å². The van der Waals surface area contributed by atoms with Gasteiger partial charge in [0.2, 0.25) is 5.82 Å². The molecule has 0 N–H and O–H groups in total. The predicted molar refractivity (Wildman–Crippen MR) is 62.1 cm³/mol. The van der Waals surface area contributed by atoms with Gasteiger partial charge < -0.3 is 4.57 Å². The molecule has 0 amide bonds. The van der Waals surface area contributed by atoms with Gasteiger partial charge >= 0.3 is 0 Å². The Morgan fingerprint density at radius 2 is 1.30 bits per heavy atom. The van der Waals surface area contributed by atoms with Crippen molar-refractivity contribution in [2.24, 2.45) is 0 Å². The molecule has 0 atom stereocenters. The van der Waals surface area contributed by atoms with Crippen molar-refractivity contribution in [1.29, 1.82) is 0 Å². The van der Waals surface area contributed by atoms with Crippen LogP contribution in [0.3, 0.4) is 0 Å². The summed E-state index contributed by atoms with van der Waals surface area (Å²) in [7, 11) is 0. The fourth-order valence-electron chi connectivity index (χ4n) is 1.65. The minimum atomic E-state index is -2.18. The summed E-state index contributed by atoms with van der Waals surface area (Å²) in [6.45, 7) is 5.41. The average Bonchev–Trinajstić information content (AvgIpc) is 2.83. The van der Waals surface area contributed by atoms with Gasteiger partial charge in [-0.1, -0.05) is 20.8 Å². The molecule has 0 aliphatic heterocycles. The van der Waals surface area contributed by atoms with Crippen LogP contribution < -0.4 is 0 Å². The van der Waals surface area contributed by atoms with Crippen LogP contribution in [0.25, 0.3) is 5.69 Å². The molecule has 1 aromatic heterocycles. The number of aromatic nitrogens is 2. The summed E-state index contributed by atoms with van der Waals surface area (Å²) in [5, 5.41) is 0. The number of hydrogen-bond donors (Lipinski definition) is 0. The lowest BCUT2D eigenvalue weighted by Crippen LogP contribution is -2.12. The largest absolute Gasteiger partial charge is 0.300 e. The van der Waals surface area contributed by atoms with Crippen LogP contribution in [-0.4, -0.2) is 9.55 Å². The molecule has 0 saturated heterocycles. The van der Waals surface area contributed by atoms with E-state index in [4.69, 9.17) is 0 Å². The Balaban J connectivity index is 2.68. The van der Waals surface area contributed by atoms with Crippen LogP contribution >= 0.6 is 0 Å². The Hall–Kier alpha value is -1.92. The minimum absolute atomic E-state index is 0.421. The highest BCUT2D eigenvalue weighted by Crippen LogP contribution is 2.28. The van der Waals surface area contributed by atoms with Gasteiger partial charge in [-0.05, 0) is 0 Å². The maximum atomic E-state index is 13.6. The van der Waals surface area contributed by atoms with E-state index in [9.17, 15) is 22.0 Å². The quantitative estimate of drug-likeness (QED) is 0.443. The van der Waals surface area contributed by atoms with E-state index in [1.807, 2.05) is 0 Å². The van der Waals surface area contributed by atoms with Crippen LogP contribution in [0.15, 0.2) is 12.5 Å². The molecule has 7 heteroatoms. The average molecular weight is 290 g/mol. The lowest BCUT2D eigenvalue weighted by molar-refractivity contribution is 0.375. The fourth-order valence-corrected chi connectivity index (χ4v) is 1.65. The Labute approximate surface area is 111 Å². The number of benzene rings is 1. The zero-order chi connectivity index (χ0) is 15.2. The van der Waals surface area contributed by atoms with E-state index < -0.39 is 40.2 Å². The van der Waals surface area contributed by atoms with Crippen LogP contribution in [0.5, 0.6) is 0 Å². The molecule has 0 saturated carbocycles. The van der Waals surface area contributed by atoms with Gasteiger partial charge in [0.05, 0.1) is 12.0 Å².